The van der Waals surface area contributed by atoms with Gasteiger partial charge in [-0.05, 0) is 43.2 Å². The smallest absolute Gasteiger partial charge is 0.0480 e. The molecule has 1 aliphatic carbocycles. The van der Waals surface area contributed by atoms with E-state index >= 15 is 0 Å². The molecular formula is C17H25NS. The van der Waals surface area contributed by atoms with E-state index in [1.165, 1.54) is 29.8 Å². The second-order valence-electron chi connectivity index (χ2n) is 5.74. The molecule has 1 aliphatic rings. The Kier molecular flexibility index (Phi) is 5.38. The van der Waals surface area contributed by atoms with Crippen molar-refractivity contribution in [2.75, 3.05) is 11.1 Å². The topological polar surface area (TPSA) is 12.0 Å². The first kappa shape index (κ1) is 14.5. The van der Waals surface area contributed by atoms with Crippen LogP contribution in [-0.2, 0) is 0 Å². The first-order chi connectivity index (χ1) is 9.20. The summed E-state index contributed by atoms with van der Waals surface area (Å²) in [5.41, 5.74) is 1.29. The molecule has 1 nitrogen and oxygen atoms in total. The number of hydrogen-bond acceptors (Lipinski definition) is 2. The van der Waals surface area contributed by atoms with Gasteiger partial charge in [0.15, 0.2) is 0 Å². The minimum atomic E-state index is 0.627. The molecule has 0 aromatic heterocycles. The predicted molar refractivity (Wildman–Crippen MR) is 87.0 cm³/mol. The fraction of sp³-hybridized carbons (Fsp3) is 0.529. The van der Waals surface area contributed by atoms with Crippen LogP contribution in [0, 0.1) is 11.8 Å². The molecule has 19 heavy (non-hydrogen) atoms. The third-order valence-electron chi connectivity index (χ3n) is 4.02. The van der Waals surface area contributed by atoms with E-state index in [-0.39, 0.29) is 0 Å². The van der Waals surface area contributed by atoms with Gasteiger partial charge in [-0.2, -0.15) is 0 Å². The number of nitrogens with one attached hydrogen (secondary N) is 1. The molecule has 2 heteroatoms. The number of hydrogen-bond donors (Lipinski definition) is 1. The molecule has 0 saturated heterocycles. The zero-order valence-electron chi connectivity index (χ0n) is 12.1. The van der Waals surface area contributed by atoms with Gasteiger partial charge in [-0.1, -0.05) is 32.1 Å². The molecule has 0 spiro atoms. The highest BCUT2D eigenvalue weighted by Crippen LogP contribution is 2.33. The maximum absolute atomic E-state index is 3.80. The van der Waals surface area contributed by atoms with E-state index in [9.17, 15) is 0 Å². The van der Waals surface area contributed by atoms with Gasteiger partial charge < -0.3 is 5.32 Å². The SMILES string of the molecule is C=CCSc1ccccc1NC1CCC(C)CC1C. The molecule has 3 atom stereocenters. The molecule has 0 radical (unpaired) electrons. The summed E-state index contributed by atoms with van der Waals surface area (Å²) < 4.78 is 0. The Balaban J connectivity index is 2.03. The van der Waals surface area contributed by atoms with Gasteiger partial charge in [0.2, 0.25) is 0 Å². The highest BCUT2D eigenvalue weighted by atomic mass is 32.2. The molecule has 3 unspecified atom stereocenters. The first-order valence-corrected chi connectivity index (χ1v) is 8.28. The summed E-state index contributed by atoms with van der Waals surface area (Å²) in [7, 11) is 0. The molecule has 1 aromatic rings. The van der Waals surface area contributed by atoms with Crippen LogP contribution in [0.5, 0.6) is 0 Å². The number of rotatable bonds is 5. The average molecular weight is 275 g/mol. The Bertz CT molecular complexity index is 415. The van der Waals surface area contributed by atoms with Crippen molar-refractivity contribution in [3.8, 4) is 0 Å². The Morgan fingerprint density at radius 2 is 2.11 bits per heavy atom. The highest BCUT2D eigenvalue weighted by Gasteiger charge is 2.25. The lowest BCUT2D eigenvalue weighted by Crippen LogP contribution is -2.33. The van der Waals surface area contributed by atoms with Crippen molar-refractivity contribution in [1.82, 2.24) is 0 Å². The van der Waals surface area contributed by atoms with Gasteiger partial charge in [0.05, 0.1) is 0 Å². The van der Waals surface area contributed by atoms with Crippen molar-refractivity contribution in [3.63, 3.8) is 0 Å². The van der Waals surface area contributed by atoms with Gasteiger partial charge in [-0.3, -0.25) is 0 Å². The Morgan fingerprint density at radius 1 is 1.32 bits per heavy atom. The van der Waals surface area contributed by atoms with Crippen LogP contribution in [0.4, 0.5) is 5.69 Å². The van der Waals surface area contributed by atoms with E-state index in [1.807, 2.05) is 17.8 Å². The largest absolute Gasteiger partial charge is 0.381 e. The molecular weight excluding hydrogens is 250 g/mol. The molecule has 104 valence electrons. The summed E-state index contributed by atoms with van der Waals surface area (Å²) in [6.07, 6.45) is 5.96. The average Bonchev–Trinajstić information content (AvgIpc) is 2.41. The normalized spacial score (nSPS) is 26.9. The maximum atomic E-state index is 3.80. The molecule has 0 amide bonds. The number of para-hydroxylation sites is 1. The van der Waals surface area contributed by atoms with E-state index in [4.69, 9.17) is 0 Å². The van der Waals surface area contributed by atoms with Gasteiger partial charge in [0, 0.05) is 22.4 Å². The summed E-state index contributed by atoms with van der Waals surface area (Å²) in [4.78, 5) is 1.34. The number of thioether (sulfide) groups is 1. The first-order valence-electron chi connectivity index (χ1n) is 7.30. The Labute approximate surface area is 121 Å². The zero-order valence-corrected chi connectivity index (χ0v) is 12.9. The van der Waals surface area contributed by atoms with Crippen molar-refractivity contribution in [2.24, 2.45) is 11.8 Å². The highest BCUT2D eigenvalue weighted by molar-refractivity contribution is 7.99. The van der Waals surface area contributed by atoms with Gasteiger partial charge in [-0.15, -0.1) is 18.3 Å². The fourth-order valence-corrected chi connectivity index (χ4v) is 3.69. The van der Waals surface area contributed by atoms with Crippen LogP contribution in [0.1, 0.15) is 33.1 Å². The third kappa shape index (κ3) is 4.04. The van der Waals surface area contributed by atoms with Crippen LogP contribution in [-0.4, -0.2) is 11.8 Å². The predicted octanol–water partition coefficient (Wildman–Crippen LogP) is 5.20. The van der Waals surface area contributed by atoms with Crippen LogP contribution in [0.25, 0.3) is 0 Å². The monoisotopic (exact) mass is 275 g/mol. The zero-order chi connectivity index (χ0) is 13.7. The second-order valence-corrected chi connectivity index (χ2v) is 6.80. The quantitative estimate of drug-likeness (QED) is 0.585. The summed E-state index contributed by atoms with van der Waals surface area (Å²) in [5, 5.41) is 3.77. The minimum Gasteiger partial charge on any atom is -0.381 e. The van der Waals surface area contributed by atoms with E-state index in [1.54, 1.807) is 0 Å². The molecule has 0 aliphatic heterocycles. The van der Waals surface area contributed by atoms with E-state index < -0.39 is 0 Å². The van der Waals surface area contributed by atoms with Crippen molar-refractivity contribution < 1.29 is 0 Å². The molecule has 2 rings (SSSR count). The van der Waals surface area contributed by atoms with Gasteiger partial charge in [-0.25, -0.2) is 0 Å². The Hall–Kier alpha value is -0.890. The van der Waals surface area contributed by atoms with Gasteiger partial charge in [0.25, 0.3) is 0 Å². The van der Waals surface area contributed by atoms with Crippen LogP contribution in [0.3, 0.4) is 0 Å². The second kappa shape index (κ2) is 7.04. The summed E-state index contributed by atoms with van der Waals surface area (Å²) in [6, 6.07) is 9.27. The molecule has 0 bridgehead atoms. The van der Waals surface area contributed by atoms with Crippen LogP contribution in [0.2, 0.25) is 0 Å². The molecule has 1 fully saturated rings. The molecule has 0 heterocycles. The molecule has 1 N–H and O–H groups in total. The Morgan fingerprint density at radius 3 is 2.84 bits per heavy atom. The number of benzene rings is 1. The maximum Gasteiger partial charge on any atom is 0.0480 e. The fourth-order valence-electron chi connectivity index (χ4n) is 2.94. The van der Waals surface area contributed by atoms with Gasteiger partial charge >= 0.3 is 0 Å². The van der Waals surface area contributed by atoms with Crippen LogP contribution in [0.15, 0.2) is 41.8 Å². The lowest BCUT2D eigenvalue weighted by Gasteiger charge is -2.34. The summed E-state index contributed by atoms with van der Waals surface area (Å²) >= 11 is 1.86. The summed E-state index contributed by atoms with van der Waals surface area (Å²) in [6.45, 7) is 8.56. The van der Waals surface area contributed by atoms with Crippen molar-refractivity contribution in [3.05, 3.63) is 36.9 Å². The van der Waals surface area contributed by atoms with Crippen LogP contribution < -0.4 is 5.32 Å². The standard InChI is InChI=1S/C17H25NS/c1-4-11-19-17-8-6-5-7-16(17)18-15-10-9-13(2)12-14(15)3/h4-8,13-15,18H,1,9-12H2,2-3H3. The van der Waals surface area contributed by atoms with Crippen LogP contribution >= 0.6 is 11.8 Å². The lowest BCUT2D eigenvalue weighted by atomic mass is 9.80. The minimum absolute atomic E-state index is 0.627. The molecule has 1 saturated carbocycles. The lowest BCUT2D eigenvalue weighted by molar-refractivity contribution is 0.276. The summed E-state index contributed by atoms with van der Waals surface area (Å²) in [5.74, 6) is 2.62. The third-order valence-corrected chi connectivity index (χ3v) is 5.09. The molecule has 1 aromatic carbocycles. The van der Waals surface area contributed by atoms with E-state index in [0.29, 0.717) is 6.04 Å². The number of anilines is 1. The van der Waals surface area contributed by atoms with Gasteiger partial charge in [0.1, 0.15) is 0 Å². The van der Waals surface area contributed by atoms with Crippen molar-refractivity contribution in [2.45, 2.75) is 44.0 Å². The van der Waals surface area contributed by atoms with Crippen molar-refractivity contribution in [1.29, 1.82) is 0 Å². The van der Waals surface area contributed by atoms with E-state index in [0.717, 1.165) is 17.6 Å². The van der Waals surface area contributed by atoms with Crippen molar-refractivity contribution >= 4 is 17.4 Å². The van der Waals surface area contributed by atoms with E-state index in [2.05, 4.69) is 50.0 Å².